The van der Waals surface area contributed by atoms with Crippen molar-refractivity contribution in [3.05, 3.63) is 29.8 Å². The van der Waals surface area contributed by atoms with Gasteiger partial charge in [-0.2, -0.15) is 13.2 Å². The average Bonchev–Trinajstić information content (AvgIpc) is 2.43. The van der Waals surface area contributed by atoms with Crippen molar-refractivity contribution < 1.29 is 22.7 Å². The van der Waals surface area contributed by atoms with Crippen molar-refractivity contribution in [1.82, 2.24) is 5.32 Å². The molecule has 1 aromatic carbocycles. The zero-order chi connectivity index (χ0) is 15.9. The van der Waals surface area contributed by atoms with E-state index in [1.165, 1.54) is 12.1 Å². The van der Waals surface area contributed by atoms with E-state index < -0.39 is 18.8 Å². The summed E-state index contributed by atoms with van der Waals surface area (Å²) in [7, 11) is 0. The van der Waals surface area contributed by atoms with Crippen molar-refractivity contribution in [3.63, 3.8) is 0 Å². The summed E-state index contributed by atoms with van der Waals surface area (Å²) in [4.78, 5) is 11.5. The van der Waals surface area contributed by atoms with Crippen molar-refractivity contribution >= 4 is 5.91 Å². The van der Waals surface area contributed by atoms with E-state index in [1.54, 1.807) is 12.1 Å². The maximum absolute atomic E-state index is 12.0. The Hall–Kier alpha value is -2.20. The predicted octanol–water partition coefficient (Wildman–Crippen LogP) is 1.59. The summed E-state index contributed by atoms with van der Waals surface area (Å²) >= 11 is 0. The zero-order valence-corrected chi connectivity index (χ0v) is 11.1. The Morgan fingerprint density at radius 3 is 2.52 bits per heavy atom. The largest absolute Gasteiger partial charge is 0.484 e. The fraction of sp³-hybridized carbons (Fsp3) is 0.357. The molecule has 0 radical (unpaired) electrons. The number of alkyl halides is 3. The number of carbonyl (C=O) groups is 1. The van der Waals surface area contributed by atoms with Crippen LogP contribution < -0.4 is 15.8 Å². The minimum absolute atomic E-state index is 0.103. The third-order valence-electron chi connectivity index (χ3n) is 2.47. The van der Waals surface area contributed by atoms with Gasteiger partial charge in [0.05, 0.1) is 6.04 Å². The molecule has 1 aromatic rings. The SMILES string of the molecule is C#CCC(N)C(=O)NCc1ccc(OCC(F)(F)F)cc1. The van der Waals surface area contributed by atoms with E-state index in [1.807, 2.05) is 0 Å². The molecule has 1 atom stereocenters. The van der Waals surface area contributed by atoms with Gasteiger partial charge in [-0.3, -0.25) is 4.79 Å². The third-order valence-corrected chi connectivity index (χ3v) is 2.47. The highest BCUT2D eigenvalue weighted by Gasteiger charge is 2.28. The summed E-state index contributed by atoms with van der Waals surface area (Å²) in [6.07, 6.45) is 0.806. The number of rotatable bonds is 6. The van der Waals surface area contributed by atoms with Crippen molar-refractivity contribution in [1.29, 1.82) is 0 Å². The summed E-state index contributed by atoms with van der Waals surface area (Å²) < 4.78 is 40.5. The van der Waals surface area contributed by atoms with Crippen molar-refractivity contribution in [2.75, 3.05) is 6.61 Å². The first-order valence-corrected chi connectivity index (χ1v) is 6.07. The molecule has 1 rings (SSSR count). The van der Waals surface area contributed by atoms with Gasteiger partial charge in [0.25, 0.3) is 0 Å². The second-order valence-electron chi connectivity index (χ2n) is 4.28. The first-order chi connectivity index (χ1) is 9.81. The van der Waals surface area contributed by atoms with Crippen LogP contribution in [0.3, 0.4) is 0 Å². The molecule has 0 spiro atoms. The molecule has 0 aromatic heterocycles. The maximum Gasteiger partial charge on any atom is 0.422 e. The Labute approximate surface area is 120 Å². The van der Waals surface area contributed by atoms with Crippen LogP contribution in [-0.4, -0.2) is 24.7 Å². The molecule has 7 heteroatoms. The monoisotopic (exact) mass is 300 g/mol. The number of carbonyl (C=O) groups excluding carboxylic acids is 1. The smallest absolute Gasteiger partial charge is 0.422 e. The first-order valence-electron chi connectivity index (χ1n) is 6.07. The van der Waals surface area contributed by atoms with Crippen LogP contribution in [0.1, 0.15) is 12.0 Å². The van der Waals surface area contributed by atoms with Gasteiger partial charge in [0, 0.05) is 13.0 Å². The molecule has 0 bridgehead atoms. The molecule has 0 heterocycles. The van der Waals surface area contributed by atoms with E-state index in [2.05, 4.69) is 16.0 Å². The van der Waals surface area contributed by atoms with Crippen LogP contribution in [0.15, 0.2) is 24.3 Å². The molecule has 0 aliphatic heterocycles. The van der Waals surface area contributed by atoms with Gasteiger partial charge in [0.1, 0.15) is 5.75 Å². The van der Waals surface area contributed by atoms with E-state index >= 15 is 0 Å². The zero-order valence-electron chi connectivity index (χ0n) is 11.1. The van der Waals surface area contributed by atoms with Gasteiger partial charge in [0.2, 0.25) is 5.91 Å². The molecule has 0 saturated heterocycles. The molecule has 1 unspecified atom stereocenters. The fourth-order valence-corrected chi connectivity index (χ4v) is 1.41. The molecule has 0 fully saturated rings. The number of terminal acetylenes is 1. The number of nitrogens with two attached hydrogens (primary N) is 1. The average molecular weight is 300 g/mol. The van der Waals surface area contributed by atoms with Crippen molar-refractivity contribution in [3.8, 4) is 18.1 Å². The normalized spacial score (nSPS) is 12.3. The lowest BCUT2D eigenvalue weighted by Crippen LogP contribution is -2.39. The molecule has 3 N–H and O–H groups in total. The summed E-state index contributed by atoms with van der Waals surface area (Å²) in [5.74, 6) is 2.01. The number of hydrogen-bond donors (Lipinski definition) is 2. The highest BCUT2D eigenvalue weighted by molar-refractivity contribution is 5.81. The highest BCUT2D eigenvalue weighted by Crippen LogP contribution is 2.18. The van der Waals surface area contributed by atoms with E-state index in [4.69, 9.17) is 12.2 Å². The van der Waals surface area contributed by atoms with Gasteiger partial charge in [-0.15, -0.1) is 12.3 Å². The second kappa shape index (κ2) is 7.55. The molecule has 0 aliphatic carbocycles. The van der Waals surface area contributed by atoms with Crippen LogP contribution >= 0.6 is 0 Å². The first kappa shape index (κ1) is 16.9. The van der Waals surface area contributed by atoms with Crippen LogP contribution in [0.2, 0.25) is 0 Å². The van der Waals surface area contributed by atoms with Gasteiger partial charge in [0.15, 0.2) is 6.61 Å². The van der Waals surface area contributed by atoms with Gasteiger partial charge < -0.3 is 15.8 Å². The van der Waals surface area contributed by atoms with Gasteiger partial charge >= 0.3 is 6.18 Å². The lowest BCUT2D eigenvalue weighted by atomic mass is 10.2. The molecule has 0 aliphatic rings. The van der Waals surface area contributed by atoms with Crippen LogP contribution in [-0.2, 0) is 11.3 Å². The molecule has 0 saturated carbocycles. The molecule has 1 amide bonds. The topological polar surface area (TPSA) is 64.4 Å². The van der Waals surface area contributed by atoms with E-state index in [9.17, 15) is 18.0 Å². The molecular formula is C14H15F3N2O2. The minimum atomic E-state index is -4.38. The number of amides is 1. The Kier molecular flexibility index (Phi) is 6.06. The predicted molar refractivity (Wildman–Crippen MR) is 71.3 cm³/mol. The van der Waals surface area contributed by atoms with E-state index in [0.29, 0.717) is 5.56 Å². The van der Waals surface area contributed by atoms with E-state index in [-0.39, 0.29) is 24.6 Å². The van der Waals surface area contributed by atoms with Gasteiger partial charge in [-0.05, 0) is 17.7 Å². The molecule has 4 nitrogen and oxygen atoms in total. The Balaban J connectivity index is 2.45. The number of ether oxygens (including phenoxy) is 1. The van der Waals surface area contributed by atoms with Crippen LogP contribution in [0.4, 0.5) is 13.2 Å². The summed E-state index contributed by atoms with van der Waals surface area (Å²) in [6, 6.07) is 5.13. The quantitative estimate of drug-likeness (QED) is 0.784. The Bertz CT molecular complexity index is 506. The third kappa shape index (κ3) is 6.68. The molecule has 21 heavy (non-hydrogen) atoms. The van der Waals surface area contributed by atoms with Crippen LogP contribution in [0.25, 0.3) is 0 Å². The van der Waals surface area contributed by atoms with E-state index in [0.717, 1.165) is 0 Å². The summed E-state index contributed by atoms with van der Waals surface area (Å²) in [5, 5.41) is 2.58. The molecular weight excluding hydrogens is 285 g/mol. The van der Waals surface area contributed by atoms with Crippen molar-refractivity contribution in [2.24, 2.45) is 5.73 Å². The lowest BCUT2D eigenvalue weighted by Gasteiger charge is -2.11. The number of hydrogen-bond acceptors (Lipinski definition) is 3. The van der Waals surface area contributed by atoms with Crippen LogP contribution in [0, 0.1) is 12.3 Å². The second-order valence-corrected chi connectivity index (χ2v) is 4.28. The summed E-state index contributed by atoms with van der Waals surface area (Å²) in [6.45, 7) is -1.14. The van der Waals surface area contributed by atoms with Crippen molar-refractivity contribution in [2.45, 2.75) is 25.2 Å². The number of halogens is 3. The number of benzene rings is 1. The van der Waals surface area contributed by atoms with Gasteiger partial charge in [-0.1, -0.05) is 12.1 Å². The maximum atomic E-state index is 12.0. The minimum Gasteiger partial charge on any atom is -0.484 e. The van der Waals surface area contributed by atoms with Gasteiger partial charge in [-0.25, -0.2) is 0 Å². The fourth-order valence-electron chi connectivity index (χ4n) is 1.41. The number of nitrogens with one attached hydrogen (secondary N) is 1. The highest BCUT2D eigenvalue weighted by atomic mass is 19.4. The Morgan fingerprint density at radius 1 is 1.38 bits per heavy atom. The Morgan fingerprint density at radius 2 is 2.00 bits per heavy atom. The van der Waals surface area contributed by atoms with Crippen LogP contribution in [0.5, 0.6) is 5.75 Å². The molecule has 114 valence electrons. The lowest BCUT2D eigenvalue weighted by molar-refractivity contribution is -0.153. The standard InChI is InChI=1S/C14H15F3N2O2/c1-2-3-12(18)13(20)19-8-10-4-6-11(7-5-10)21-9-14(15,16)17/h1,4-7,12H,3,8-9,18H2,(H,19,20). The summed E-state index contributed by atoms with van der Waals surface area (Å²) in [5.41, 5.74) is 6.22.